The number of hydrogen-bond donors (Lipinski definition) is 1. The maximum atomic E-state index is 12.6. The van der Waals surface area contributed by atoms with E-state index in [1.54, 1.807) is 28.8 Å². The average molecular weight is 412 g/mol. The van der Waals surface area contributed by atoms with Crippen molar-refractivity contribution in [2.75, 3.05) is 11.1 Å². The van der Waals surface area contributed by atoms with Crippen molar-refractivity contribution in [2.24, 2.45) is 5.92 Å². The standard InChI is InChI=1S/C18H19Cl2N3O2S/c1-18(2,3)14-7-15(24)23-8-10(9-26-17(23)22-14)16(25)21-13-6-11(19)4-5-12(13)20/h4-7,10H,8-9H2,1-3H3,(H,21,25). The van der Waals surface area contributed by atoms with Crippen molar-refractivity contribution >= 4 is 46.6 Å². The van der Waals surface area contributed by atoms with Crippen LogP contribution in [0.4, 0.5) is 5.69 Å². The van der Waals surface area contributed by atoms with Crippen molar-refractivity contribution in [3.05, 3.63) is 50.4 Å². The van der Waals surface area contributed by atoms with E-state index >= 15 is 0 Å². The second-order valence-electron chi connectivity index (χ2n) is 7.24. The fourth-order valence-electron chi connectivity index (χ4n) is 2.58. The van der Waals surface area contributed by atoms with Gasteiger partial charge in [-0.15, -0.1) is 0 Å². The molecule has 2 heterocycles. The van der Waals surface area contributed by atoms with Gasteiger partial charge in [0.1, 0.15) is 0 Å². The lowest BCUT2D eigenvalue weighted by atomic mass is 9.92. The summed E-state index contributed by atoms with van der Waals surface area (Å²) in [7, 11) is 0. The minimum Gasteiger partial charge on any atom is -0.324 e. The summed E-state index contributed by atoms with van der Waals surface area (Å²) in [5.74, 6) is -0.00834. The summed E-state index contributed by atoms with van der Waals surface area (Å²) in [5, 5.41) is 4.37. The minimum absolute atomic E-state index is 0.134. The molecule has 8 heteroatoms. The van der Waals surface area contributed by atoms with Gasteiger partial charge in [-0.25, -0.2) is 4.98 Å². The first-order chi connectivity index (χ1) is 12.1. The number of hydrogen-bond acceptors (Lipinski definition) is 4. The number of rotatable bonds is 2. The normalized spacial score (nSPS) is 16.9. The molecular weight excluding hydrogens is 393 g/mol. The predicted molar refractivity (Wildman–Crippen MR) is 107 cm³/mol. The van der Waals surface area contributed by atoms with E-state index in [0.29, 0.717) is 33.2 Å². The second kappa shape index (κ2) is 7.25. The van der Waals surface area contributed by atoms with Crippen LogP contribution in [0.3, 0.4) is 0 Å². The van der Waals surface area contributed by atoms with Crippen LogP contribution in [0.2, 0.25) is 10.0 Å². The van der Waals surface area contributed by atoms with E-state index in [1.165, 1.54) is 11.8 Å². The lowest BCUT2D eigenvalue weighted by molar-refractivity contribution is -0.119. The maximum absolute atomic E-state index is 12.6. The Morgan fingerprint density at radius 3 is 2.73 bits per heavy atom. The lowest BCUT2D eigenvalue weighted by Gasteiger charge is -2.26. The molecule has 0 radical (unpaired) electrons. The van der Waals surface area contributed by atoms with E-state index in [9.17, 15) is 9.59 Å². The van der Waals surface area contributed by atoms with Crippen molar-refractivity contribution in [2.45, 2.75) is 37.9 Å². The predicted octanol–water partition coefficient (Wildman–Crippen LogP) is 4.21. The molecule has 1 aliphatic heterocycles. The monoisotopic (exact) mass is 411 g/mol. The Kier molecular flexibility index (Phi) is 5.37. The number of fused-ring (bicyclic) bond motifs is 1. The van der Waals surface area contributed by atoms with Crippen molar-refractivity contribution < 1.29 is 4.79 Å². The molecule has 1 unspecified atom stereocenters. The first-order valence-corrected chi connectivity index (χ1v) is 9.90. The Bertz CT molecular complexity index is 922. The van der Waals surface area contributed by atoms with Crippen molar-refractivity contribution in [3.63, 3.8) is 0 Å². The third-order valence-electron chi connectivity index (χ3n) is 4.12. The molecule has 1 aromatic heterocycles. The quantitative estimate of drug-likeness (QED) is 0.751. The highest BCUT2D eigenvalue weighted by molar-refractivity contribution is 7.99. The molecule has 0 bridgehead atoms. The molecule has 26 heavy (non-hydrogen) atoms. The highest BCUT2D eigenvalue weighted by Crippen LogP contribution is 2.30. The number of amides is 1. The van der Waals surface area contributed by atoms with Crippen LogP contribution in [-0.2, 0) is 16.8 Å². The number of thioether (sulfide) groups is 1. The molecular formula is C18H19Cl2N3O2S. The Morgan fingerprint density at radius 1 is 1.31 bits per heavy atom. The van der Waals surface area contributed by atoms with Crippen LogP contribution in [0.25, 0.3) is 0 Å². The van der Waals surface area contributed by atoms with Crippen LogP contribution in [0.5, 0.6) is 0 Å². The zero-order valence-electron chi connectivity index (χ0n) is 14.7. The smallest absolute Gasteiger partial charge is 0.254 e. The second-order valence-corrected chi connectivity index (χ2v) is 9.07. The number of nitrogens with zero attached hydrogens (tertiary/aromatic N) is 2. The fraction of sp³-hybridized carbons (Fsp3) is 0.389. The summed E-state index contributed by atoms with van der Waals surface area (Å²) >= 11 is 13.5. The number of nitrogens with one attached hydrogen (secondary N) is 1. The largest absolute Gasteiger partial charge is 0.324 e. The summed E-state index contributed by atoms with van der Waals surface area (Å²) in [4.78, 5) is 29.7. The highest BCUT2D eigenvalue weighted by Gasteiger charge is 2.29. The Morgan fingerprint density at radius 2 is 2.04 bits per heavy atom. The van der Waals surface area contributed by atoms with E-state index < -0.39 is 0 Å². The lowest BCUT2D eigenvalue weighted by Crippen LogP contribution is -2.37. The molecule has 2 aromatic rings. The zero-order chi connectivity index (χ0) is 19.1. The fourth-order valence-corrected chi connectivity index (χ4v) is 4.01. The molecule has 1 aliphatic rings. The molecule has 3 rings (SSSR count). The molecule has 0 aliphatic carbocycles. The highest BCUT2D eigenvalue weighted by atomic mass is 35.5. The Labute approximate surface area is 166 Å². The molecule has 1 aromatic carbocycles. The maximum Gasteiger partial charge on any atom is 0.254 e. The summed E-state index contributed by atoms with van der Waals surface area (Å²) in [6.45, 7) is 6.35. The van der Waals surface area contributed by atoms with Crippen LogP contribution in [-0.4, -0.2) is 21.2 Å². The zero-order valence-corrected chi connectivity index (χ0v) is 17.0. The molecule has 1 amide bonds. The van der Waals surface area contributed by atoms with Crippen LogP contribution in [0.1, 0.15) is 26.5 Å². The van der Waals surface area contributed by atoms with Gasteiger partial charge >= 0.3 is 0 Å². The molecule has 1 N–H and O–H groups in total. The van der Waals surface area contributed by atoms with Crippen LogP contribution < -0.4 is 10.9 Å². The van der Waals surface area contributed by atoms with Crippen LogP contribution in [0, 0.1) is 5.92 Å². The van der Waals surface area contributed by atoms with Gasteiger partial charge in [0.2, 0.25) is 5.91 Å². The number of carbonyl (C=O) groups is 1. The van der Waals surface area contributed by atoms with Crippen molar-refractivity contribution in [1.82, 2.24) is 9.55 Å². The summed E-state index contributed by atoms with van der Waals surface area (Å²) in [6, 6.07) is 6.45. The average Bonchev–Trinajstić information content (AvgIpc) is 2.57. The molecule has 0 saturated carbocycles. The summed E-state index contributed by atoms with van der Waals surface area (Å²) in [5.41, 5.74) is 0.890. The molecule has 0 spiro atoms. The van der Waals surface area contributed by atoms with E-state index in [0.717, 1.165) is 5.69 Å². The van der Waals surface area contributed by atoms with Gasteiger partial charge < -0.3 is 5.32 Å². The van der Waals surface area contributed by atoms with Gasteiger partial charge in [-0.2, -0.15) is 0 Å². The van der Waals surface area contributed by atoms with Gasteiger partial charge in [-0.1, -0.05) is 55.7 Å². The van der Waals surface area contributed by atoms with E-state index in [2.05, 4.69) is 10.3 Å². The van der Waals surface area contributed by atoms with E-state index in [1.807, 2.05) is 20.8 Å². The third kappa shape index (κ3) is 4.08. The number of aromatic nitrogens is 2. The van der Waals surface area contributed by atoms with Crippen molar-refractivity contribution in [3.8, 4) is 0 Å². The summed E-state index contributed by atoms with van der Waals surface area (Å²) in [6.07, 6.45) is 0. The molecule has 1 atom stereocenters. The number of benzene rings is 1. The summed E-state index contributed by atoms with van der Waals surface area (Å²) < 4.78 is 1.56. The van der Waals surface area contributed by atoms with Gasteiger partial charge in [0.25, 0.3) is 5.56 Å². The van der Waals surface area contributed by atoms with Crippen LogP contribution >= 0.6 is 35.0 Å². The van der Waals surface area contributed by atoms with Gasteiger partial charge in [0, 0.05) is 28.8 Å². The van der Waals surface area contributed by atoms with Gasteiger partial charge in [0.15, 0.2) is 5.16 Å². The molecule has 0 saturated heterocycles. The van der Waals surface area contributed by atoms with Gasteiger partial charge in [-0.05, 0) is 18.2 Å². The first-order valence-electron chi connectivity index (χ1n) is 8.16. The van der Waals surface area contributed by atoms with Crippen molar-refractivity contribution in [1.29, 1.82) is 0 Å². The number of carbonyl (C=O) groups excluding carboxylic acids is 1. The Balaban J connectivity index is 1.81. The topological polar surface area (TPSA) is 64.0 Å². The van der Waals surface area contributed by atoms with Crippen LogP contribution in [0.15, 0.2) is 34.2 Å². The molecule has 0 fully saturated rings. The minimum atomic E-state index is -0.359. The van der Waals surface area contributed by atoms with Gasteiger partial charge in [-0.3, -0.25) is 14.2 Å². The third-order valence-corrected chi connectivity index (χ3v) is 5.82. The van der Waals surface area contributed by atoms with E-state index in [4.69, 9.17) is 23.2 Å². The first kappa shape index (κ1) is 19.3. The molecule has 138 valence electrons. The molecule has 5 nitrogen and oxygen atoms in total. The number of anilines is 1. The van der Waals surface area contributed by atoms with E-state index in [-0.39, 0.29) is 22.8 Å². The number of halogens is 2. The van der Waals surface area contributed by atoms with Gasteiger partial charge in [0.05, 0.1) is 22.3 Å². The Hall–Kier alpha value is -1.50. The SMILES string of the molecule is CC(C)(C)c1cc(=O)n2c(n1)SCC(C(=O)Nc1cc(Cl)ccc1Cl)C2.